The fourth-order valence-electron chi connectivity index (χ4n) is 1.60. The first kappa shape index (κ1) is 12.6. The smallest absolute Gasteiger partial charge is 0.0995 e. The number of hydrogen-bond donors (Lipinski definition) is 0. The van der Waals surface area contributed by atoms with Crippen molar-refractivity contribution in [3.05, 3.63) is 33.8 Å². The number of benzene rings is 1. The van der Waals surface area contributed by atoms with Crippen molar-refractivity contribution in [3.8, 4) is 12.1 Å². The molecular weight excluding hydrogens is 220 g/mol. The van der Waals surface area contributed by atoms with Crippen LogP contribution in [0.2, 0.25) is 5.02 Å². The summed E-state index contributed by atoms with van der Waals surface area (Å²) in [6.45, 7) is 4.19. The van der Waals surface area contributed by atoms with Gasteiger partial charge in [0.1, 0.15) is 0 Å². The highest BCUT2D eigenvalue weighted by Crippen LogP contribution is 2.23. The van der Waals surface area contributed by atoms with E-state index < -0.39 is 0 Å². The van der Waals surface area contributed by atoms with Gasteiger partial charge in [-0.25, -0.2) is 0 Å². The molecule has 3 heteroatoms. The highest BCUT2D eigenvalue weighted by molar-refractivity contribution is 6.31. The number of rotatable bonds is 3. The van der Waals surface area contributed by atoms with E-state index in [0.29, 0.717) is 16.5 Å². The summed E-state index contributed by atoms with van der Waals surface area (Å²) in [5.41, 5.74) is 2.39. The third-order valence-electron chi connectivity index (χ3n) is 2.29. The molecule has 0 fully saturated rings. The standard InChI is InChI=1S/C13H13ClN2/c1-9(2)5-11-6-10(3-4-15)13(14)7-12(11)8-16/h6-7,9H,3,5H2,1-2H3. The summed E-state index contributed by atoms with van der Waals surface area (Å²) in [6, 6.07) is 7.76. The summed E-state index contributed by atoms with van der Waals surface area (Å²) in [5, 5.41) is 18.2. The molecule has 0 aliphatic carbocycles. The van der Waals surface area contributed by atoms with Gasteiger partial charge in [-0.1, -0.05) is 31.5 Å². The van der Waals surface area contributed by atoms with Crippen LogP contribution in [0.15, 0.2) is 12.1 Å². The summed E-state index contributed by atoms with van der Waals surface area (Å²) >= 11 is 5.99. The average molecular weight is 233 g/mol. The molecular formula is C13H13ClN2. The van der Waals surface area contributed by atoms with E-state index in [1.807, 2.05) is 6.07 Å². The van der Waals surface area contributed by atoms with Gasteiger partial charge in [-0.15, -0.1) is 0 Å². The van der Waals surface area contributed by atoms with Crippen molar-refractivity contribution in [2.75, 3.05) is 0 Å². The SMILES string of the molecule is CC(C)Cc1cc(CC#N)c(Cl)cc1C#N. The number of nitriles is 2. The van der Waals surface area contributed by atoms with Gasteiger partial charge in [-0.3, -0.25) is 0 Å². The van der Waals surface area contributed by atoms with E-state index in [0.717, 1.165) is 17.5 Å². The van der Waals surface area contributed by atoms with E-state index in [4.69, 9.17) is 22.1 Å². The first-order valence-electron chi connectivity index (χ1n) is 5.16. The summed E-state index contributed by atoms with van der Waals surface area (Å²) in [4.78, 5) is 0. The molecule has 0 bridgehead atoms. The predicted molar refractivity (Wildman–Crippen MR) is 64.0 cm³/mol. The molecule has 0 amide bonds. The summed E-state index contributed by atoms with van der Waals surface area (Å²) < 4.78 is 0. The van der Waals surface area contributed by atoms with Crippen LogP contribution in [0.4, 0.5) is 0 Å². The number of hydrogen-bond acceptors (Lipinski definition) is 2. The average Bonchev–Trinajstić information content (AvgIpc) is 2.22. The molecule has 0 saturated heterocycles. The van der Waals surface area contributed by atoms with E-state index in [9.17, 15) is 0 Å². The van der Waals surface area contributed by atoms with E-state index in [-0.39, 0.29) is 6.42 Å². The van der Waals surface area contributed by atoms with Gasteiger partial charge in [0, 0.05) is 5.02 Å². The molecule has 1 rings (SSSR count). The Bertz CT molecular complexity index is 464. The van der Waals surface area contributed by atoms with E-state index >= 15 is 0 Å². The lowest BCUT2D eigenvalue weighted by Gasteiger charge is -2.10. The maximum Gasteiger partial charge on any atom is 0.0995 e. The molecule has 0 unspecified atom stereocenters. The second-order valence-electron chi connectivity index (χ2n) is 4.15. The Hall–Kier alpha value is -1.51. The van der Waals surface area contributed by atoms with E-state index in [1.165, 1.54) is 0 Å². The second kappa shape index (κ2) is 5.54. The van der Waals surface area contributed by atoms with Crippen LogP contribution in [-0.2, 0) is 12.8 Å². The van der Waals surface area contributed by atoms with Crippen LogP contribution in [0.3, 0.4) is 0 Å². The van der Waals surface area contributed by atoms with Gasteiger partial charge in [-0.2, -0.15) is 10.5 Å². The quantitative estimate of drug-likeness (QED) is 0.801. The largest absolute Gasteiger partial charge is 0.198 e. The molecule has 0 radical (unpaired) electrons. The fraction of sp³-hybridized carbons (Fsp3) is 0.385. The van der Waals surface area contributed by atoms with Gasteiger partial charge in [0.2, 0.25) is 0 Å². The summed E-state index contributed by atoms with van der Waals surface area (Å²) in [7, 11) is 0. The summed E-state index contributed by atoms with van der Waals surface area (Å²) in [5.74, 6) is 0.475. The maximum absolute atomic E-state index is 9.00. The Kier molecular flexibility index (Phi) is 4.35. The molecule has 1 aromatic rings. The van der Waals surface area contributed by atoms with Crippen molar-refractivity contribution in [2.24, 2.45) is 5.92 Å². The fourth-order valence-corrected chi connectivity index (χ4v) is 1.83. The Balaban J connectivity index is 3.20. The van der Waals surface area contributed by atoms with Crippen molar-refractivity contribution in [1.29, 1.82) is 10.5 Å². The van der Waals surface area contributed by atoms with Crippen LogP contribution >= 0.6 is 11.6 Å². The van der Waals surface area contributed by atoms with Gasteiger partial charge >= 0.3 is 0 Å². The number of halogens is 1. The lowest BCUT2D eigenvalue weighted by molar-refractivity contribution is 0.646. The third-order valence-corrected chi connectivity index (χ3v) is 2.64. The third kappa shape index (κ3) is 2.99. The van der Waals surface area contributed by atoms with Crippen LogP contribution in [0.25, 0.3) is 0 Å². The lowest BCUT2D eigenvalue weighted by atomic mass is 9.96. The molecule has 16 heavy (non-hydrogen) atoms. The van der Waals surface area contributed by atoms with Gasteiger partial charge in [-0.05, 0) is 29.5 Å². The molecule has 0 N–H and O–H groups in total. The van der Waals surface area contributed by atoms with Crippen LogP contribution < -0.4 is 0 Å². The van der Waals surface area contributed by atoms with Crippen molar-refractivity contribution in [3.63, 3.8) is 0 Å². The normalized spacial score (nSPS) is 9.88. The van der Waals surface area contributed by atoms with Gasteiger partial charge in [0.05, 0.1) is 24.1 Å². The highest BCUT2D eigenvalue weighted by atomic mass is 35.5. The zero-order valence-corrected chi connectivity index (χ0v) is 10.2. The first-order valence-corrected chi connectivity index (χ1v) is 5.54. The molecule has 0 atom stereocenters. The van der Waals surface area contributed by atoms with Crippen molar-refractivity contribution in [1.82, 2.24) is 0 Å². The molecule has 0 heterocycles. The molecule has 2 nitrogen and oxygen atoms in total. The van der Waals surface area contributed by atoms with Crippen LogP contribution in [-0.4, -0.2) is 0 Å². The zero-order valence-electron chi connectivity index (χ0n) is 9.42. The van der Waals surface area contributed by atoms with Crippen molar-refractivity contribution in [2.45, 2.75) is 26.7 Å². The highest BCUT2D eigenvalue weighted by Gasteiger charge is 2.09. The second-order valence-corrected chi connectivity index (χ2v) is 4.55. The molecule has 82 valence electrons. The maximum atomic E-state index is 9.00. The van der Waals surface area contributed by atoms with Gasteiger partial charge < -0.3 is 0 Å². The van der Waals surface area contributed by atoms with Crippen LogP contribution in [0, 0.1) is 28.6 Å². The molecule has 0 aliphatic rings. The minimum atomic E-state index is 0.287. The van der Waals surface area contributed by atoms with E-state index in [2.05, 4.69) is 26.0 Å². The Labute approximate surface area is 101 Å². The van der Waals surface area contributed by atoms with Crippen molar-refractivity contribution >= 4 is 11.6 Å². The predicted octanol–water partition coefficient (Wildman–Crippen LogP) is 3.48. The minimum absolute atomic E-state index is 0.287. The lowest BCUT2D eigenvalue weighted by Crippen LogP contribution is -1.99. The van der Waals surface area contributed by atoms with Crippen LogP contribution in [0.5, 0.6) is 0 Å². The molecule has 0 aliphatic heterocycles. The minimum Gasteiger partial charge on any atom is -0.198 e. The molecule has 0 saturated carbocycles. The van der Waals surface area contributed by atoms with E-state index in [1.54, 1.807) is 6.07 Å². The van der Waals surface area contributed by atoms with Crippen molar-refractivity contribution < 1.29 is 0 Å². The monoisotopic (exact) mass is 232 g/mol. The molecule has 0 spiro atoms. The van der Waals surface area contributed by atoms with Gasteiger partial charge in [0.25, 0.3) is 0 Å². The molecule has 1 aromatic carbocycles. The van der Waals surface area contributed by atoms with Gasteiger partial charge in [0.15, 0.2) is 0 Å². The summed E-state index contributed by atoms with van der Waals surface area (Å²) in [6.07, 6.45) is 1.12. The zero-order chi connectivity index (χ0) is 12.1. The number of nitrogens with zero attached hydrogens (tertiary/aromatic N) is 2. The topological polar surface area (TPSA) is 47.6 Å². The Morgan fingerprint density at radius 1 is 1.25 bits per heavy atom. The Morgan fingerprint density at radius 2 is 1.94 bits per heavy atom. The Morgan fingerprint density at radius 3 is 2.44 bits per heavy atom. The molecule has 0 aromatic heterocycles. The first-order chi connectivity index (χ1) is 7.58. The van der Waals surface area contributed by atoms with Crippen LogP contribution in [0.1, 0.15) is 30.5 Å².